The lowest BCUT2D eigenvalue weighted by atomic mass is 10.1. The number of hydrogen-bond acceptors (Lipinski definition) is 3. The van der Waals surface area contributed by atoms with Crippen LogP contribution in [0.25, 0.3) is 0 Å². The second-order valence-corrected chi connectivity index (χ2v) is 4.62. The summed E-state index contributed by atoms with van der Waals surface area (Å²) in [4.78, 5) is 0. The SMILES string of the molecule is CNC(C)c1ccc(OC)cc1OCC(C)C. The maximum atomic E-state index is 5.84. The van der Waals surface area contributed by atoms with Gasteiger partial charge >= 0.3 is 0 Å². The number of hydrogen-bond donors (Lipinski definition) is 1. The van der Waals surface area contributed by atoms with Crippen molar-refractivity contribution < 1.29 is 9.47 Å². The van der Waals surface area contributed by atoms with Crippen molar-refractivity contribution in [3.8, 4) is 11.5 Å². The molecule has 17 heavy (non-hydrogen) atoms. The molecular formula is C14H23NO2. The third kappa shape index (κ3) is 3.93. The van der Waals surface area contributed by atoms with Crippen molar-refractivity contribution in [3.63, 3.8) is 0 Å². The molecule has 0 spiro atoms. The normalized spacial score (nSPS) is 12.6. The molecule has 3 heteroatoms. The highest BCUT2D eigenvalue weighted by atomic mass is 16.5. The number of benzene rings is 1. The Bertz CT molecular complexity index is 350. The van der Waals surface area contributed by atoms with E-state index in [1.165, 1.54) is 0 Å². The molecule has 0 saturated heterocycles. The van der Waals surface area contributed by atoms with Crippen LogP contribution in [-0.2, 0) is 0 Å². The molecular weight excluding hydrogens is 214 g/mol. The number of nitrogens with one attached hydrogen (secondary N) is 1. The lowest BCUT2D eigenvalue weighted by Crippen LogP contribution is -2.15. The Balaban J connectivity index is 2.94. The summed E-state index contributed by atoms with van der Waals surface area (Å²) in [6, 6.07) is 6.23. The average molecular weight is 237 g/mol. The molecule has 0 aliphatic carbocycles. The van der Waals surface area contributed by atoms with E-state index in [-0.39, 0.29) is 6.04 Å². The standard InChI is InChI=1S/C14H23NO2/c1-10(2)9-17-14-8-12(16-5)6-7-13(14)11(3)15-4/h6-8,10-11,15H,9H2,1-5H3. The third-order valence-electron chi connectivity index (χ3n) is 2.69. The van der Waals surface area contributed by atoms with Gasteiger partial charge in [-0.05, 0) is 26.0 Å². The van der Waals surface area contributed by atoms with Crippen molar-refractivity contribution in [1.29, 1.82) is 0 Å². The van der Waals surface area contributed by atoms with Crippen LogP contribution < -0.4 is 14.8 Å². The fraction of sp³-hybridized carbons (Fsp3) is 0.571. The van der Waals surface area contributed by atoms with Gasteiger partial charge in [0.25, 0.3) is 0 Å². The van der Waals surface area contributed by atoms with Gasteiger partial charge in [0.15, 0.2) is 0 Å². The van der Waals surface area contributed by atoms with Crippen LogP contribution in [-0.4, -0.2) is 20.8 Å². The van der Waals surface area contributed by atoms with Crippen molar-refractivity contribution in [1.82, 2.24) is 5.32 Å². The lowest BCUT2D eigenvalue weighted by Gasteiger charge is -2.18. The van der Waals surface area contributed by atoms with E-state index in [1.807, 2.05) is 19.2 Å². The van der Waals surface area contributed by atoms with Crippen LogP contribution in [0.1, 0.15) is 32.4 Å². The summed E-state index contributed by atoms with van der Waals surface area (Å²) in [5, 5.41) is 3.23. The predicted octanol–water partition coefficient (Wildman–Crippen LogP) is 3.01. The first kappa shape index (κ1) is 13.8. The zero-order valence-corrected chi connectivity index (χ0v) is 11.4. The van der Waals surface area contributed by atoms with Crippen LogP contribution in [0.2, 0.25) is 0 Å². The molecule has 1 atom stereocenters. The Morgan fingerprint density at radius 1 is 1.24 bits per heavy atom. The summed E-state index contributed by atoms with van der Waals surface area (Å²) in [7, 11) is 3.61. The number of ether oxygens (including phenoxy) is 2. The maximum Gasteiger partial charge on any atom is 0.127 e. The summed E-state index contributed by atoms with van der Waals surface area (Å²) >= 11 is 0. The van der Waals surface area contributed by atoms with E-state index in [1.54, 1.807) is 7.11 Å². The van der Waals surface area contributed by atoms with Crippen LogP contribution >= 0.6 is 0 Å². The Kier molecular flexibility index (Phi) is 5.29. The topological polar surface area (TPSA) is 30.5 Å². The molecule has 1 aromatic carbocycles. The van der Waals surface area contributed by atoms with Gasteiger partial charge in [0.2, 0.25) is 0 Å². The van der Waals surface area contributed by atoms with E-state index in [0.29, 0.717) is 5.92 Å². The highest BCUT2D eigenvalue weighted by Gasteiger charge is 2.11. The molecule has 3 nitrogen and oxygen atoms in total. The Morgan fingerprint density at radius 2 is 1.94 bits per heavy atom. The van der Waals surface area contributed by atoms with Crippen molar-refractivity contribution >= 4 is 0 Å². The molecule has 0 amide bonds. The fourth-order valence-corrected chi connectivity index (χ4v) is 1.54. The van der Waals surface area contributed by atoms with Gasteiger partial charge in [0.1, 0.15) is 11.5 Å². The van der Waals surface area contributed by atoms with E-state index in [4.69, 9.17) is 9.47 Å². The van der Waals surface area contributed by atoms with Crippen molar-refractivity contribution in [2.75, 3.05) is 20.8 Å². The summed E-state index contributed by atoms with van der Waals surface area (Å²) in [5.74, 6) is 2.25. The molecule has 0 heterocycles. The van der Waals surface area contributed by atoms with Crippen LogP contribution in [0, 0.1) is 5.92 Å². The monoisotopic (exact) mass is 237 g/mol. The summed E-state index contributed by atoms with van der Waals surface area (Å²) < 4.78 is 11.1. The van der Waals surface area contributed by atoms with Crippen molar-refractivity contribution in [2.24, 2.45) is 5.92 Å². The Hall–Kier alpha value is -1.22. The van der Waals surface area contributed by atoms with Gasteiger partial charge in [-0.25, -0.2) is 0 Å². The molecule has 0 bridgehead atoms. The molecule has 1 unspecified atom stereocenters. The second-order valence-electron chi connectivity index (χ2n) is 4.62. The quantitative estimate of drug-likeness (QED) is 0.825. The van der Waals surface area contributed by atoms with Gasteiger partial charge in [0, 0.05) is 17.7 Å². The number of methoxy groups -OCH3 is 1. The molecule has 1 aromatic rings. The molecule has 0 radical (unpaired) electrons. The molecule has 96 valence electrons. The zero-order valence-electron chi connectivity index (χ0n) is 11.4. The highest BCUT2D eigenvalue weighted by molar-refractivity contribution is 5.42. The first-order valence-electron chi connectivity index (χ1n) is 6.06. The third-order valence-corrected chi connectivity index (χ3v) is 2.69. The van der Waals surface area contributed by atoms with Crippen LogP contribution in [0.4, 0.5) is 0 Å². The van der Waals surface area contributed by atoms with Gasteiger partial charge in [0.05, 0.1) is 13.7 Å². The summed E-state index contributed by atoms with van der Waals surface area (Å²) in [5.41, 5.74) is 1.16. The largest absolute Gasteiger partial charge is 0.497 e. The van der Waals surface area contributed by atoms with Gasteiger partial charge in [-0.3, -0.25) is 0 Å². The summed E-state index contributed by atoms with van der Waals surface area (Å²) in [6.07, 6.45) is 0. The summed E-state index contributed by atoms with van der Waals surface area (Å²) in [6.45, 7) is 7.11. The van der Waals surface area contributed by atoms with E-state index < -0.39 is 0 Å². The predicted molar refractivity (Wildman–Crippen MR) is 70.8 cm³/mol. The van der Waals surface area contributed by atoms with Crippen molar-refractivity contribution in [3.05, 3.63) is 23.8 Å². The van der Waals surface area contributed by atoms with Gasteiger partial charge < -0.3 is 14.8 Å². The van der Waals surface area contributed by atoms with Crippen LogP contribution in [0.5, 0.6) is 11.5 Å². The molecule has 0 aliphatic rings. The highest BCUT2D eigenvalue weighted by Crippen LogP contribution is 2.29. The molecule has 0 saturated carbocycles. The Labute approximate surface area is 104 Å². The zero-order chi connectivity index (χ0) is 12.8. The van der Waals surface area contributed by atoms with Gasteiger partial charge in [-0.1, -0.05) is 19.9 Å². The molecule has 0 aliphatic heterocycles. The van der Waals surface area contributed by atoms with Crippen LogP contribution in [0.3, 0.4) is 0 Å². The van der Waals surface area contributed by atoms with E-state index >= 15 is 0 Å². The Morgan fingerprint density at radius 3 is 2.47 bits per heavy atom. The molecule has 0 fully saturated rings. The average Bonchev–Trinajstić information content (AvgIpc) is 2.34. The molecule has 1 rings (SSSR count). The van der Waals surface area contributed by atoms with E-state index in [2.05, 4.69) is 32.2 Å². The van der Waals surface area contributed by atoms with Crippen LogP contribution in [0.15, 0.2) is 18.2 Å². The van der Waals surface area contributed by atoms with Gasteiger partial charge in [-0.2, -0.15) is 0 Å². The minimum atomic E-state index is 0.267. The smallest absolute Gasteiger partial charge is 0.127 e. The molecule has 0 aromatic heterocycles. The number of rotatable bonds is 6. The maximum absolute atomic E-state index is 5.84. The van der Waals surface area contributed by atoms with Gasteiger partial charge in [-0.15, -0.1) is 0 Å². The first-order chi connectivity index (χ1) is 8.08. The minimum Gasteiger partial charge on any atom is -0.497 e. The molecule has 1 N–H and O–H groups in total. The van der Waals surface area contributed by atoms with E-state index in [0.717, 1.165) is 23.7 Å². The fourth-order valence-electron chi connectivity index (χ4n) is 1.54. The van der Waals surface area contributed by atoms with Crippen molar-refractivity contribution in [2.45, 2.75) is 26.8 Å². The van der Waals surface area contributed by atoms with E-state index in [9.17, 15) is 0 Å². The first-order valence-corrected chi connectivity index (χ1v) is 6.06. The second kappa shape index (κ2) is 6.50. The minimum absolute atomic E-state index is 0.267. The lowest BCUT2D eigenvalue weighted by molar-refractivity contribution is 0.265.